The van der Waals surface area contributed by atoms with E-state index >= 15 is 0 Å². The molecule has 2 saturated heterocycles. The highest BCUT2D eigenvalue weighted by Gasteiger charge is 2.41. The number of nitrogens with zero attached hydrogens (tertiary/aromatic N) is 1. The Morgan fingerprint density at radius 1 is 1.11 bits per heavy atom. The smallest absolute Gasteiger partial charge is 0.0710 e. The summed E-state index contributed by atoms with van der Waals surface area (Å²) >= 11 is 0. The standard InChI is InChI=1S/C16H30N2O/c1-13-5-6-14(17)11-18(13)12-15-7-10-16(19-15)8-3-2-4-9-16/h13-15H,2-12,17H2,1H3. The van der Waals surface area contributed by atoms with Crippen LogP contribution in [0.2, 0.25) is 0 Å². The lowest BCUT2D eigenvalue weighted by molar-refractivity contribution is -0.0765. The quantitative estimate of drug-likeness (QED) is 0.835. The zero-order chi connectivity index (χ0) is 13.3. The molecular formula is C16H30N2O. The first-order valence-electron chi connectivity index (χ1n) is 8.34. The van der Waals surface area contributed by atoms with Gasteiger partial charge in [-0.1, -0.05) is 19.3 Å². The maximum Gasteiger partial charge on any atom is 0.0710 e. The molecule has 0 radical (unpaired) electrons. The molecule has 0 aromatic heterocycles. The third-order valence-electron chi connectivity index (χ3n) is 5.59. The van der Waals surface area contributed by atoms with Crippen LogP contribution >= 0.6 is 0 Å². The first kappa shape index (κ1) is 13.8. The van der Waals surface area contributed by atoms with E-state index in [1.807, 2.05) is 0 Å². The summed E-state index contributed by atoms with van der Waals surface area (Å²) in [5.74, 6) is 0. The van der Waals surface area contributed by atoms with Gasteiger partial charge in [0.1, 0.15) is 0 Å². The molecule has 2 aliphatic heterocycles. The summed E-state index contributed by atoms with van der Waals surface area (Å²) in [5.41, 5.74) is 6.38. The molecule has 3 nitrogen and oxygen atoms in total. The van der Waals surface area contributed by atoms with Crippen LogP contribution in [0.1, 0.15) is 64.7 Å². The number of rotatable bonds is 2. The predicted octanol–water partition coefficient (Wildman–Crippen LogP) is 2.68. The van der Waals surface area contributed by atoms with E-state index in [0.29, 0.717) is 18.2 Å². The van der Waals surface area contributed by atoms with Gasteiger partial charge in [-0.2, -0.15) is 0 Å². The molecular weight excluding hydrogens is 236 g/mol. The van der Waals surface area contributed by atoms with E-state index in [4.69, 9.17) is 10.5 Å². The van der Waals surface area contributed by atoms with Crippen LogP contribution in [0.5, 0.6) is 0 Å². The predicted molar refractivity (Wildman–Crippen MR) is 78.2 cm³/mol. The molecule has 1 saturated carbocycles. The Labute approximate surface area is 117 Å². The SMILES string of the molecule is CC1CCC(N)CN1CC1CCC2(CCCCC2)O1. The molecule has 3 fully saturated rings. The van der Waals surface area contributed by atoms with Gasteiger partial charge in [0.2, 0.25) is 0 Å². The van der Waals surface area contributed by atoms with Gasteiger partial charge in [0.15, 0.2) is 0 Å². The first-order valence-corrected chi connectivity index (χ1v) is 8.34. The second-order valence-corrected chi connectivity index (χ2v) is 7.16. The number of likely N-dealkylation sites (tertiary alicyclic amines) is 1. The Morgan fingerprint density at radius 2 is 1.89 bits per heavy atom. The lowest BCUT2D eigenvalue weighted by atomic mass is 9.83. The van der Waals surface area contributed by atoms with E-state index in [0.717, 1.165) is 13.1 Å². The fourth-order valence-corrected chi connectivity index (χ4v) is 4.31. The fourth-order valence-electron chi connectivity index (χ4n) is 4.31. The third-order valence-corrected chi connectivity index (χ3v) is 5.59. The van der Waals surface area contributed by atoms with Gasteiger partial charge in [-0.05, 0) is 45.4 Å². The zero-order valence-electron chi connectivity index (χ0n) is 12.4. The maximum atomic E-state index is 6.49. The Kier molecular flexibility index (Phi) is 4.16. The van der Waals surface area contributed by atoms with Gasteiger partial charge in [-0.3, -0.25) is 4.90 Å². The monoisotopic (exact) mass is 266 g/mol. The molecule has 3 atom stereocenters. The third kappa shape index (κ3) is 3.14. The van der Waals surface area contributed by atoms with Gasteiger partial charge in [0.25, 0.3) is 0 Å². The Morgan fingerprint density at radius 3 is 2.68 bits per heavy atom. The highest BCUT2D eigenvalue weighted by molar-refractivity contribution is 4.93. The van der Waals surface area contributed by atoms with Crippen molar-refractivity contribution in [3.05, 3.63) is 0 Å². The van der Waals surface area contributed by atoms with E-state index in [1.165, 1.54) is 57.8 Å². The van der Waals surface area contributed by atoms with Crippen LogP contribution in [0.4, 0.5) is 0 Å². The molecule has 3 aliphatic rings. The Hall–Kier alpha value is -0.120. The number of nitrogens with two attached hydrogens (primary N) is 1. The van der Waals surface area contributed by atoms with Gasteiger partial charge in [0, 0.05) is 25.2 Å². The summed E-state index contributed by atoms with van der Waals surface area (Å²) < 4.78 is 6.49. The second kappa shape index (κ2) is 5.71. The molecule has 1 aliphatic carbocycles. The Balaban J connectivity index is 1.53. The molecule has 0 bridgehead atoms. The molecule has 3 rings (SSSR count). The number of hydrogen-bond acceptors (Lipinski definition) is 3. The van der Waals surface area contributed by atoms with Crippen molar-refractivity contribution in [3.8, 4) is 0 Å². The highest BCUT2D eigenvalue weighted by Crippen LogP contribution is 2.42. The molecule has 0 amide bonds. The number of piperidine rings is 1. The number of ether oxygens (including phenoxy) is 1. The van der Waals surface area contributed by atoms with Gasteiger partial charge >= 0.3 is 0 Å². The van der Waals surface area contributed by atoms with Crippen molar-refractivity contribution < 1.29 is 4.74 Å². The van der Waals surface area contributed by atoms with Crippen LogP contribution < -0.4 is 5.73 Å². The summed E-state index contributed by atoms with van der Waals surface area (Å²) in [6, 6.07) is 1.06. The van der Waals surface area contributed by atoms with Crippen molar-refractivity contribution in [2.75, 3.05) is 13.1 Å². The minimum absolute atomic E-state index is 0.268. The average molecular weight is 266 g/mol. The van der Waals surface area contributed by atoms with E-state index in [2.05, 4.69) is 11.8 Å². The van der Waals surface area contributed by atoms with Crippen LogP contribution in [-0.2, 0) is 4.74 Å². The zero-order valence-corrected chi connectivity index (χ0v) is 12.4. The molecule has 110 valence electrons. The van der Waals surface area contributed by atoms with Gasteiger partial charge in [0.05, 0.1) is 11.7 Å². The van der Waals surface area contributed by atoms with Crippen LogP contribution in [0.25, 0.3) is 0 Å². The largest absolute Gasteiger partial charge is 0.370 e. The van der Waals surface area contributed by atoms with Crippen molar-refractivity contribution in [2.24, 2.45) is 5.73 Å². The van der Waals surface area contributed by atoms with Crippen molar-refractivity contribution in [3.63, 3.8) is 0 Å². The van der Waals surface area contributed by atoms with Gasteiger partial charge in [-0.15, -0.1) is 0 Å². The van der Waals surface area contributed by atoms with Gasteiger partial charge in [-0.25, -0.2) is 0 Å². The molecule has 1 spiro atoms. The maximum absolute atomic E-state index is 6.49. The van der Waals surface area contributed by atoms with E-state index in [1.54, 1.807) is 0 Å². The fraction of sp³-hybridized carbons (Fsp3) is 1.00. The molecule has 19 heavy (non-hydrogen) atoms. The van der Waals surface area contributed by atoms with Crippen LogP contribution in [0.3, 0.4) is 0 Å². The molecule has 0 aromatic rings. The summed E-state index contributed by atoms with van der Waals surface area (Å²) in [6.45, 7) is 4.52. The lowest BCUT2D eigenvalue weighted by Gasteiger charge is -2.39. The summed E-state index contributed by atoms with van der Waals surface area (Å²) in [5, 5.41) is 0. The number of hydrogen-bond donors (Lipinski definition) is 1. The van der Waals surface area contributed by atoms with Crippen molar-refractivity contribution in [2.45, 2.75) is 88.5 Å². The van der Waals surface area contributed by atoms with Crippen molar-refractivity contribution >= 4 is 0 Å². The molecule has 3 unspecified atom stereocenters. The van der Waals surface area contributed by atoms with Crippen LogP contribution in [-0.4, -0.2) is 41.8 Å². The van der Waals surface area contributed by atoms with Crippen molar-refractivity contribution in [1.82, 2.24) is 4.90 Å². The second-order valence-electron chi connectivity index (χ2n) is 7.16. The first-order chi connectivity index (χ1) is 9.17. The highest BCUT2D eigenvalue weighted by atomic mass is 16.5. The molecule has 0 aromatic carbocycles. The van der Waals surface area contributed by atoms with Gasteiger partial charge < -0.3 is 10.5 Å². The van der Waals surface area contributed by atoms with Crippen molar-refractivity contribution in [1.29, 1.82) is 0 Å². The van der Waals surface area contributed by atoms with E-state index in [9.17, 15) is 0 Å². The Bertz CT molecular complexity index is 301. The summed E-state index contributed by atoms with van der Waals surface area (Å²) in [7, 11) is 0. The van der Waals surface area contributed by atoms with Crippen LogP contribution in [0.15, 0.2) is 0 Å². The summed E-state index contributed by atoms with van der Waals surface area (Å²) in [4.78, 5) is 2.57. The van der Waals surface area contributed by atoms with E-state index in [-0.39, 0.29) is 5.60 Å². The normalized spacial score (nSPS) is 39.8. The average Bonchev–Trinajstić information content (AvgIpc) is 2.78. The molecule has 2 heterocycles. The van der Waals surface area contributed by atoms with Crippen LogP contribution in [0, 0.1) is 0 Å². The topological polar surface area (TPSA) is 38.5 Å². The lowest BCUT2D eigenvalue weighted by Crippen LogP contribution is -2.50. The minimum atomic E-state index is 0.268. The summed E-state index contributed by atoms with van der Waals surface area (Å²) in [6.07, 6.45) is 12.2. The minimum Gasteiger partial charge on any atom is -0.370 e. The molecule has 3 heteroatoms. The molecule has 2 N–H and O–H groups in total. The van der Waals surface area contributed by atoms with E-state index < -0.39 is 0 Å².